The number of halogens is 1. The van der Waals surface area contributed by atoms with Crippen LogP contribution in [0.15, 0.2) is 35.3 Å². The fourth-order valence-corrected chi connectivity index (χ4v) is 3.19. The van der Waals surface area contributed by atoms with E-state index in [0.717, 1.165) is 31.3 Å². The molecule has 1 aliphatic rings. The summed E-state index contributed by atoms with van der Waals surface area (Å²) in [4.78, 5) is 9.58. The summed E-state index contributed by atoms with van der Waals surface area (Å²) < 4.78 is 5.79. The van der Waals surface area contributed by atoms with Crippen molar-refractivity contribution in [3.63, 3.8) is 0 Å². The molecule has 0 spiro atoms. The average molecular weight is 474 g/mol. The Labute approximate surface area is 176 Å². The van der Waals surface area contributed by atoms with Gasteiger partial charge in [0.15, 0.2) is 5.96 Å². The molecule has 0 radical (unpaired) electrons. The topological polar surface area (TPSA) is 40.1 Å². The third kappa shape index (κ3) is 8.12. The van der Waals surface area contributed by atoms with Gasteiger partial charge in [-0.25, -0.2) is 0 Å². The monoisotopic (exact) mass is 474 g/mol. The standard InChI is InChI=1S/C20H34N4O.HI/c1-4-12-24-13-11-18(17-24)16-22-20(21-5-2)23(3)14-15-25-19-9-7-6-8-10-19;/h6-10,18H,4-5,11-17H2,1-3H3,(H,21,22);1H. The Kier molecular flexibility index (Phi) is 11.7. The largest absolute Gasteiger partial charge is 0.492 e. The minimum absolute atomic E-state index is 0. The lowest BCUT2D eigenvalue weighted by molar-refractivity contribution is 0.281. The van der Waals surface area contributed by atoms with E-state index in [0.29, 0.717) is 12.5 Å². The first-order valence-electron chi connectivity index (χ1n) is 9.62. The van der Waals surface area contributed by atoms with Crippen molar-refractivity contribution in [2.24, 2.45) is 10.9 Å². The molecule has 1 N–H and O–H groups in total. The van der Waals surface area contributed by atoms with Crippen LogP contribution in [0.4, 0.5) is 0 Å². The Morgan fingerprint density at radius 3 is 2.77 bits per heavy atom. The highest BCUT2D eigenvalue weighted by Gasteiger charge is 2.21. The average Bonchev–Trinajstić information content (AvgIpc) is 3.07. The number of nitrogens with one attached hydrogen (secondary N) is 1. The van der Waals surface area contributed by atoms with E-state index in [1.807, 2.05) is 30.3 Å². The van der Waals surface area contributed by atoms with Crippen LogP contribution in [0.1, 0.15) is 26.7 Å². The van der Waals surface area contributed by atoms with Crippen LogP contribution < -0.4 is 10.1 Å². The maximum atomic E-state index is 5.79. The van der Waals surface area contributed by atoms with Gasteiger partial charge in [-0.3, -0.25) is 4.99 Å². The van der Waals surface area contributed by atoms with E-state index in [2.05, 4.69) is 36.0 Å². The number of para-hydroxylation sites is 1. The second-order valence-corrected chi connectivity index (χ2v) is 6.73. The van der Waals surface area contributed by atoms with Crippen molar-refractivity contribution in [2.75, 3.05) is 52.9 Å². The van der Waals surface area contributed by atoms with Crippen molar-refractivity contribution in [2.45, 2.75) is 26.7 Å². The van der Waals surface area contributed by atoms with Crippen molar-refractivity contribution in [1.82, 2.24) is 15.1 Å². The number of benzene rings is 1. The molecule has 148 valence electrons. The van der Waals surface area contributed by atoms with Gasteiger partial charge in [-0.15, -0.1) is 24.0 Å². The van der Waals surface area contributed by atoms with Gasteiger partial charge in [0.05, 0.1) is 6.54 Å². The second-order valence-electron chi connectivity index (χ2n) is 6.73. The van der Waals surface area contributed by atoms with Crippen LogP contribution in [0, 0.1) is 5.92 Å². The summed E-state index contributed by atoms with van der Waals surface area (Å²) >= 11 is 0. The van der Waals surface area contributed by atoms with Gasteiger partial charge >= 0.3 is 0 Å². The van der Waals surface area contributed by atoms with Gasteiger partial charge in [0.1, 0.15) is 12.4 Å². The molecule has 0 aromatic heterocycles. The number of likely N-dealkylation sites (N-methyl/N-ethyl adjacent to an activating group) is 1. The lowest BCUT2D eigenvalue weighted by Crippen LogP contribution is -2.41. The Morgan fingerprint density at radius 1 is 1.31 bits per heavy atom. The molecule has 0 bridgehead atoms. The highest BCUT2D eigenvalue weighted by molar-refractivity contribution is 14.0. The molecule has 26 heavy (non-hydrogen) atoms. The normalized spacial score (nSPS) is 17.7. The van der Waals surface area contributed by atoms with Gasteiger partial charge in [-0.1, -0.05) is 25.1 Å². The molecule has 1 aromatic rings. The molecule has 1 atom stereocenters. The molecule has 6 heteroatoms. The fourth-order valence-electron chi connectivity index (χ4n) is 3.19. The highest BCUT2D eigenvalue weighted by atomic mass is 127. The predicted octanol–water partition coefficient (Wildman–Crippen LogP) is 3.31. The lowest BCUT2D eigenvalue weighted by Gasteiger charge is -2.22. The van der Waals surface area contributed by atoms with Crippen LogP contribution in [0.2, 0.25) is 0 Å². The Bertz CT molecular complexity index is 512. The molecule has 1 aromatic carbocycles. The molecule has 0 aliphatic carbocycles. The van der Waals surface area contributed by atoms with Gasteiger partial charge in [-0.2, -0.15) is 0 Å². The van der Waals surface area contributed by atoms with Crippen LogP contribution in [0.3, 0.4) is 0 Å². The van der Waals surface area contributed by atoms with Crippen molar-refractivity contribution in [1.29, 1.82) is 0 Å². The number of likely N-dealkylation sites (tertiary alicyclic amines) is 1. The van der Waals surface area contributed by atoms with Crippen molar-refractivity contribution in [3.8, 4) is 5.75 Å². The molecule has 1 unspecified atom stereocenters. The molecule has 0 saturated carbocycles. The minimum atomic E-state index is 0. The van der Waals surface area contributed by atoms with Crippen LogP contribution in [0.25, 0.3) is 0 Å². The SMILES string of the molecule is CCCN1CCC(CN=C(NCC)N(C)CCOc2ccccc2)C1.I. The zero-order chi connectivity index (χ0) is 17.9. The summed E-state index contributed by atoms with van der Waals surface area (Å²) in [5, 5.41) is 3.40. The van der Waals surface area contributed by atoms with Crippen LogP contribution in [0.5, 0.6) is 5.75 Å². The van der Waals surface area contributed by atoms with Crippen molar-refractivity contribution in [3.05, 3.63) is 30.3 Å². The first-order valence-corrected chi connectivity index (χ1v) is 9.62. The van der Waals surface area contributed by atoms with E-state index in [-0.39, 0.29) is 24.0 Å². The van der Waals surface area contributed by atoms with Crippen LogP contribution in [-0.4, -0.2) is 68.7 Å². The number of ether oxygens (including phenoxy) is 1. The van der Waals surface area contributed by atoms with E-state index < -0.39 is 0 Å². The molecule has 1 heterocycles. The van der Waals surface area contributed by atoms with E-state index >= 15 is 0 Å². The third-order valence-electron chi connectivity index (χ3n) is 4.54. The maximum absolute atomic E-state index is 5.79. The molecular formula is C20H35IN4O. The van der Waals surface area contributed by atoms with Gasteiger partial charge < -0.3 is 19.9 Å². The Balaban J connectivity index is 0.00000338. The highest BCUT2D eigenvalue weighted by Crippen LogP contribution is 2.16. The molecule has 1 fully saturated rings. The predicted molar refractivity (Wildman–Crippen MR) is 121 cm³/mol. The third-order valence-corrected chi connectivity index (χ3v) is 4.54. The van der Waals surface area contributed by atoms with Crippen molar-refractivity contribution < 1.29 is 4.74 Å². The molecule has 1 saturated heterocycles. The van der Waals surface area contributed by atoms with Gasteiger partial charge in [0.2, 0.25) is 0 Å². The van der Waals surface area contributed by atoms with E-state index in [4.69, 9.17) is 9.73 Å². The minimum Gasteiger partial charge on any atom is -0.492 e. The molecular weight excluding hydrogens is 439 g/mol. The van der Waals surface area contributed by atoms with E-state index in [9.17, 15) is 0 Å². The first kappa shape index (κ1) is 23.0. The zero-order valence-electron chi connectivity index (χ0n) is 16.5. The van der Waals surface area contributed by atoms with Crippen LogP contribution in [-0.2, 0) is 0 Å². The smallest absolute Gasteiger partial charge is 0.193 e. The van der Waals surface area contributed by atoms with Crippen LogP contribution >= 0.6 is 24.0 Å². The Morgan fingerprint density at radius 2 is 2.08 bits per heavy atom. The van der Waals surface area contributed by atoms with Crippen molar-refractivity contribution >= 4 is 29.9 Å². The quantitative estimate of drug-likeness (QED) is 0.339. The number of rotatable bonds is 9. The number of hydrogen-bond acceptors (Lipinski definition) is 3. The summed E-state index contributed by atoms with van der Waals surface area (Å²) in [7, 11) is 2.08. The summed E-state index contributed by atoms with van der Waals surface area (Å²) in [6.45, 7) is 11.3. The summed E-state index contributed by atoms with van der Waals surface area (Å²) in [5.74, 6) is 2.59. The van der Waals surface area contributed by atoms with Gasteiger partial charge in [0.25, 0.3) is 0 Å². The Hall–Kier alpha value is -1.02. The van der Waals surface area contributed by atoms with E-state index in [1.165, 1.54) is 32.5 Å². The number of hydrogen-bond donors (Lipinski definition) is 1. The summed E-state index contributed by atoms with van der Waals surface area (Å²) in [6, 6.07) is 9.96. The molecule has 1 aliphatic heterocycles. The number of nitrogens with zero attached hydrogens (tertiary/aromatic N) is 3. The molecule has 5 nitrogen and oxygen atoms in total. The number of guanidine groups is 1. The summed E-state index contributed by atoms with van der Waals surface area (Å²) in [6.07, 6.45) is 2.51. The molecule has 0 amide bonds. The van der Waals surface area contributed by atoms with Gasteiger partial charge in [-0.05, 0) is 50.9 Å². The zero-order valence-corrected chi connectivity index (χ0v) is 18.8. The maximum Gasteiger partial charge on any atom is 0.193 e. The fraction of sp³-hybridized carbons (Fsp3) is 0.650. The first-order chi connectivity index (χ1) is 12.2. The van der Waals surface area contributed by atoms with Gasteiger partial charge in [0, 0.05) is 26.7 Å². The second kappa shape index (κ2) is 13.2. The molecule has 2 rings (SSSR count). The summed E-state index contributed by atoms with van der Waals surface area (Å²) in [5.41, 5.74) is 0. The number of aliphatic imine (C=N–C) groups is 1. The lowest BCUT2D eigenvalue weighted by atomic mass is 10.1. The van der Waals surface area contributed by atoms with E-state index in [1.54, 1.807) is 0 Å².